The van der Waals surface area contributed by atoms with E-state index in [2.05, 4.69) is 10.3 Å². The molecule has 1 amide bonds. The average Bonchev–Trinajstić information content (AvgIpc) is 2.55. The second-order valence-corrected chi connectivity index (χ2v) is 5.46. The lowest BCUT2D eigenvalue weighted by Gasteiger charge is -2.08. The first-order chi connectivity index (χ1) is 11.5. The van der Waals surface area contributed by atoms with Crippen LogP contribution in [-0.4, -0.2) is 17.5 Å². The van der Waals surface area contributed by atoms with Crippen LogP contribution in [0.25, 0.3) is 11.0 Å². The Bertz CT molecular complexity index is 945. The minimum atomic E-state index is -0.390. The van der Waals surface area contributed by atoms with Crippen LogP contribution in [-0.2, 0) is 4.79 Å². The molecule has 0 saturated carbocycles. The molecule has 0 fully saturated rings. The van der Waals surface area contributed by atoms with Gasteiger partial charge in [-0.05, 0) is 49.2 Å². The SMILES string of the molecule is Cc1ccc(NC(=O)COc2ccc3oc(=O)cc(C)c3c2)nc1. The normalized spacial score (nSPS) is 10.6. The number of aryl methyl sites for hydroxylation is 2. The van der Waals surface area contributed by atoms with Crippen LogP contribution in [0.5, 0.6) is 5.75 Å². The number of nitrogens with one attached hydrogen (secondary N) is 1. The van der Waals surface area contributed by atoms with Crippen LogP contribution in [0.15, 0.2) is 51.8 Å². The molecule has 0 aliphatic rings. The monoisotopic (exact) mass is 324 g/mol. The fourth-order valence-electron chi connectivity index (χ4n) is 2.26. The molecule has 1 aromatic carbocycles. The van der Waals surface area contributed by atoms with E-state index >= 15 is 0 Å². The molecule has 2 aromatic heterocycles. The molecule has 6 heteroatoms. The number of benzene rings is 1. The zero-order chi connectivity index (χ0) is 17.1. The van der Waals surface area contributed by atoms with Gasteiger partial charge in [0.05, 0.1) is 0 Å². The van der Waals surface area contributed by atoms with Gasteiger partial charge in [0.1, 0.15) is 17.2 Å². The lowest BCUT2D eigenvalue weighted by Crippen LogP contribution is -2.20. The van der Waals surface area contributed by atoms with Gasteiger partial charge in [0.25, 0.3) is 5.91 Å². The van der Waals surface area contributed by atoms with Crippen molar-refractivity contribution in [2.75, 3.05) is 11.9 Å². The van der Waals surface area contributed by atoms with Gasteiger partial charge >= 0.3 is 5.63 Å². The Labute approximate surface area is 138 Å². The molecule has 2 heterocycles. The van der Waals surface area contributed by atoms with Crippen molar-refractivity contribution in [3.63, 3.8) is 0 Å². The molecule has 3 rings (SSSR count). The number of amides is 1. The van der Waals surface area contributed by atoms with E-state index in [4.69, 9.17) is 9.15 Å². The molecule has 3 aromatic rings. The maximum atomic E-state index is 11.9. The first-order valence-electron chi connectivity index (χ1n) is 7.41. The fourth-order valence-corrected chi connectivity index (χ4v) is 2.26. The third-order valence-electron chi connectivity index (χ3n) is 3.47. The van der Waals surface area contributed by atoms with Crippen molar-refractivity contribution in [1.82, 2.24) is 4.98 Å². The first-order valence-corrected chi connectivity index (χ1v) is 7.41. The number of nitrogens with zero attached hydrogens (tertiary/aromatic N) is 1. The minimum Gasteiger partial charge on any atom is -0.484 e. The molecule has 0 bridgehead atoms. The van der Waals surface area contributed by atoms with Crippen LogP contribution in [0.2, 0.25) is 0 Å². The largest absolute Gasteiger partial charge is 0.484 e. The fraction of sp³-hybridized carbons (Fsp3) is 0.167. The molecule has 0 spiro atoms. The van der Waals surface area contributed by atoms with Crippen molar-refractivity contribution in [2.24, 2.45) is 0 Å². The van der Waals surface area contributed by atoms with Gasteiger partial charge in [-0.3, -0.25) is 4.79 Å². The Morgan fingerprint density at radius 3 is 2.79 bits per heavy atom. The van der Waals surface area contributed by atoms with Crippen LogP contribution < -0.4 is 15.7 Å². The summed E-state index contributed by atoms with van der Waals surface area (Å²) in [4.78, 5) is 27.4. The van der Waals surface area contributed by atoms with Gasteiger partial charge in [-0.25, -0.2) is 9.78 Å². The maximum Gasteiger partial charge on any atom is 0.336 e. The summed E-state index contributed by atoms with van der Waals surface area (Å²) in [5, 5.41) is 3.43. The zero-order valence-electron chi connectivity index (χ0n) is 13.3. The molecule has 0 radical (unpaired) electrons. The van der Waals surface area contributed by atoms with Gasteiger partial charge in [0.15, 0.2) is 6.61 Å². The van der Waals surface area contributed by atoms with Crippen molar-refractivity contribution < 1.29 is 13.9 Å². The number of pyridine rings is 1. The van der Waals surface area contributed by atoms with E-state index in [1.165, 1.54) is 6.07 Å². The Hall–Kier alpha value is -3.15. The standard InChI is InChI=1S/C18H16N2O4/c1-11-3-6-16(19-9-11)20-17(21)10-23-13-4-5-15-14(8-13)12(2)7-18(22)24-15/h3-9H,10H2,1-2H3,(H,19,20,21). The maximum absolute atomic E-state index is 11.9. The van der Waals surface area contributed by atoms with Crippen molar-refractivity contribution in [2.45, 2.75) is 13.8 Å². The van der Waals surface area contributed by atoms with Crippen LogP contribution >= 0.6 is 0 Å². The Kier molecular flexibility index (Phi) is 4.29. The lowest BCUT2D eigenvalue weighted by molar-refractivity contribution is -0.118. The van der Waals surface area contributed by atoms with Crippen LogP contribution in [0.3, 0.4) is 0 Å². The van der Waals surface area contributed by atoms with E-state index in [1.54, 1.807) is 30.5 Å². The van der Waals surface area contributed by atoms with Crippen LogP contribution in [0, 0.1) is 13.8 Å². The molecule has 1 N–H and O–H groups in total. The number of carbonyl (C=O) groups is 1. The number of fused-ring (bicyclic) bond motifs is 1. The minimum absolute atomic E-state index is 0.142. The second kappa shape index (κ2) is 6.54. The van der Waals surface area contributed by atoms with E-state index in [0.29, 0.717) is 17.2 Å². The molecule has 0 atom stereocenters. The molecular weight excluding hydrogens is 308 g/mol. The summed E-state index contributed by atoms with van der Waals surface area (Å²) in [5.74, 6) is 0.694. The van der Waals surface area contributed by atoms with Crippen LogP contribution in [0.1, 0.15) is 11.1 Å². The highest BCUT2D eigenvalue weighted by Gasteiger charge is 2.07. The number of rotatable bonds is 4. The van der Waals surface area contributed by atoms with Crippen molar-refractivity contribution in [1.29, 1.82) is 0 Å². The molecule has 0 aliphatic carbocycles. The number of aromatic nitrogens is 1. The Morgan fingerprint density at radius 1 is 1.21 bits per heavy atom. The predicted molar refractivity (Wildman–Crippen MR) is 90.3 cm³/mol. The predicted octanol–water partition coefficient (Wildman–Crippen LogP) is 2.82. The summed E-state index contributed by atoms with van der Waals surface area (Å²) < 4.78 is 10.6. The summed E-state index contributed by atoms with van der Waals surface area (Å²) in [6, 6.07) is 10.1. The van der Waals surface area contributed by atoms with E-state index in [1.807, 2.05) is 19.9 Å². The number of hydrogen-bond acceptors (Lipinski definition) is 5. The highest BCUT2D eigenvalue weighted by molar-refractivity contribution is 5.91. The lowest BCUT2D eigenvalue weighted by atomic mass is 10.1. The number of ether oxygens (including phenoxy) is 1. The molecule has 0 saturated heterocycles. The van der Waals surface area contributed by atoms with E-state index in [0.717, 1.165) is 16.5 Å². The third kappa shape index (κ3) is 3.60. The summed E-state index contributed by atoms with van der Waals surface area (Å²) >= 11 is 0. The van der Waals surface area contributed by atoms with Gasteiger partial charge in [-0.15, -0.1) is 0 Å². The van der Waals surface area contributed by atoms with Gasteiger partial charge < -0.3 is 14.5 Å². The molecule has 122 valence electrons. The van der Waals surface area contributed by atoms with E-state index in [-0.39, 0.29) is 12.5 Å². The quantitative estimate of drug-likeness (QED) is 0.746. The van der Waals surface area contributed by atoms with E-state index in [9.17, 15) is 9.59 Å². The highest BCUT2D eigenvalue weighted by Crippen LogP contribution is 2.22. The van der Waals surface area contributed by atoms with Gasteiger partial charge in [0, 0.05) is 17.6 Å². The smallest absolute Gasteiger partial charge is 0.336 e. The van der Waals surface area contributed by atoms with Crippen molar-refractivity contribution >= 4 is 22.7 Å². The van der Waals surface area contributed by atoms with Crippen molar-refractivity contribution in [3.8, 4) is 5.75 Å². The molecule has 6 nitrogen and oxygen atoms in total. The number of carbonyl (C=O) groups excluding carboxylic acids is 1. The first kappa shape index (κ1) is 15.7. The molecule has 24 heavy (non-hydrogen) atoms. The summed E-state index contributed by atoms with van der Waals surface area (Å²) in [6.07, 6.45) is 1.68. The average molecular weight is 324 g/mol. The molecular formula is C18H16N2O4. The number of hydrogen-bond donors (Lipinski definition) is 1. The van der Waals surface area contributed by atoms with Gasteiger partial charge in [-0.2, -0.15) is 0 Å². The molecule has 0 unspecified atom stereocenters. The topological polar surface area (TPSA) is 81.4 Å². The summed E-state index contributed by atoms with van der Waals surface area (Å²) in [7, 11) is 0. The van der Waals surface area contributed by atoms with Gasteiger partial charge in [-0.1, -0.05) is 6.07 Å². The summed E-state index contributed by atoms with van der Waals surface area (Å²) in [5.41, 5.74) is 1.90. The number of anilines is 1. The van der Waals surface area contributed by atoms with Crippen LogP contribution in [0.4, 0.5) is 5.82 Å². The van der Waals surface area contributed by atoms with E-state index < -0.39 is 5.63 Å². The second-order valence-electron chi connectivity index (χ2n) is 5.46. The molecule has 0 aliphatic heterocycles. The Balaban J connectivity index is 1.68. The Morgan fingerprint density at radius 2 is 2.04 bits per heavy atom. The highest BCUT2D eigenvalue weighted by atomic mass is 16.5. The third-order valence-corrected chi connectivity index (χ3v) is 3.47. The van der Waals surface area contributed by atoms with Crippen molar-refractivity contribution in [3.05, 3.63) is 64.1 Å². The van der Waals surface area contributed by atoms with Gasteiger partial charge in [0.2, 0.25) is 0 Å². The zero-order valence-corrected chi connectivity index (χ0v) is 13.3. The summed E-state index contributed by atoms with van der Waals surface area (Å²) in [6.45, 7) is 3.60.